The molecule has 0 radical (unpaired) electrons. The normalized spacial score (nSPS) is 12.7. The van der Waals surface area contributed by atoms with Crippen LogP contribution in [-0.2, 0) is 0 Å². The maximum absolute atomic E-state index is 9.58. The first-order valence-electron chi connectivity index (χ1n) is 6.47. The van der Waals surface area contributed by atoms with Crippen molar-refractivity contribution in [3.63, 3.8) is 0 Å². The quantitative estimate of drug-likeness (QED) is 0.869. The third-order valence-electron chi connectivity index (χ3n) is 3.26. The maximum atomic E-state index is 9.58. The summed E-state index contributed by atoms with van der Waals surface area (Å²) in [5.41, 5.74) is 6.46. The molecule has 0 fully saturated rings. The van der Waals surface area contributed by atoms with Gasteiger partial charge in [-0.25, -0.2) is 0 Å². The molecule has 2 rings (SSSR count). The molecule has 0 amide bonds. The highest BCUT2D eigenvalue weighted by molar-refractivity contribution is 5.60. The number of hydrogen-bond donors (Lipinski definition) is 2. The molecule has 0 spiro atoms. The van der Waals surface area contributed by atoms with Gasteiger partial charge in [0.2, 0.25) is 11.7 Å². The van der Waals surface area contributed by atoms with Gasteiger partial charge in [-0.15, -0.1) is 0 Å². The molecule has 1 atom stereocenters. The average Bonchev–Trinajstić information content (AvgIpc) is 2.89. The molecule has 0 saturated carbocycles. The molecule has 0 bridgehead atoms. The largest absolute Gasteiger partial charge is 0.504 e. The van der Waals surface area contributed by atoms with E-state index >= 15 is 0 Å². The molecular formula is C14H19N3O3. The van der Waals surface area contributed by atoms with Gasteiger partial charge in [-0.2, -0.15) is 4.98 Å². The van der Waals surface area contributed by atoms with E-state index < -0.39 is 0 Å². The third kappa shape index (κ3) is 2.75. The van der Waals surface area contributed by atoms with Crippen LogP contribution in [0.1, 0.15) is 25.7 Å². The molecule has 108 valence electrons. The second-order valence-corrected chi connectivity index (χ2v) is 4.93. The van der Waals surface area contributed by atoms with E-state index in [9.17, 15) is 5.11 Å². The predicted molar refractivity (Wildman–Crippen MR) is 74.6 cm³/mol. The van der Waals surface area contributed by atoms with Crippen LogP contribution >= 0.6 is 0 Å². The average molecular weight is 277 g/mol. The predicted octanol–water partition coefficient (Wildman–Crippen LogP) is 2.15. The van der Waals surface area contributed by atoms with Gasteiger partial charge < -0.3 is 20.1 Å². The molecule has 0 aliphatic carbocycles. The van der Waals surface area contributed by atoms with Gasteiger partial charge in [0.05, 0.1) is 13.0 Å². The monoisotopic (exact) mass is 277 g/mol. The Morgan fingerprint density at radius 3 is 2.75 bits per heavy atom. The Kier molecular flexibility index (Phi) is 4.24. The number of phenols is 1. The van der Waals surface area contributed by atoms with Crippen LogP contribution in [0, 0.1) is 5.92 Å². The summed E-state index contributed by atoms with van der Waals surface area (Å²) in [5.74, 6) is 1.79. The van der Waals surface area contributed by atoms with Crippen LogP contribution in [0.25, 0.3) is 11.4 Å². The van der Waals surface area contributed by atoms with Gasteiger partial charge >= 0.3 is 0 Å². The molecule has 0 aliphatic rings. The van der Waals surface area contributed by atoms with E-state index in [-0.39, 0.29) is 11.7 Å². The van der Waals surface area contributed by atoms with Crippen LogP contribution < -0.4 is 10.5 Å². The summed E-state index contributed by atoms with van der Waals surface area (Å²) in [6.45, 7) is 4.58. The lowest BCUT2D eigenvalue weighted by molar-refractivity contribution is 0.324. The molecule has 6 heteroatoms. The minimum absolute atomic E-state index is 0.0373. The van der Waals surface area contributed by atoms with Crippen LogP contribution in [0.4, 0.5) is 0 Å². The lowest BCUT2D eigenvalue weighted by atomic mass is 9.96. The minimum Gasteiger partial charge on any atom is -0.504 e. The number of rotatable bonds is 5. The van der Waals surface area contributed by atoms with E-state index in [2.05, 4.69) is 24.0 Å². The molecule has 1 heterocycles. The second kappa shape index (κ2) is 5.92. The van der Waals surface area contributed by atoms with Gasteiger partial charge in [0.1, 0.15) is 0 Å². The molecule has 1 aromatic carbocycles. The van der Waals surface area contributed by atoms with Crippen LogP contribution in [0.15, 0.2) is 22.7 Å². The summed E-state index contributed by atoms with van der Waals surface area (Å²) in [6.07, 6.45) is 0. The SMILES string of the molecule is COc1cc(-c2noc(C(CN)C(C)C)n2)ccc1O. The standard InChI is InChI=1S/C14H19N3O3/c1-8(2)10(7-15)14-16-13(17-20-14)9-4-5-11(18)12(6-9)19-3/h4-6,8,10,18H,7,15H2,1-3H3. The molecule has 1 unspecified atom stereocenters. The van der Waals surface area contributed by atoms with Gasteiger partial charge in [0.15, 0.2) is 11.5 Å². The van der Waals surface area contributed by atoms with Crippen LogP contribution in [-0.4, -0.2) is 28.9 Å². The van der Waals surface area contributed by atoms with Crippen molar-refractivity contribution in [1.82, 2.24) is 10.1 Å². The van der Waals surface area contributed by atoms with E-state index in [4.69, 9.17) is 15.0 Å². The smallest absolute Gasteiger partial charge is 0.231 e. The molecular weight excluding hydrogens is 258 g/mol. The maximum Gasteiger partial charge on any atom is 0.231 e. The topological polar surface area (TPSA) is 94.4 Å². The van der Waals surface area contributed by atoms with Crippen molar-refractivity contribution < 1.29 is 14.4 Å². The van der Waals surface area contributed by atoms with Crippen molar-refractivity contribution in [1.29, 1.82) is 0 Å². The fraction of sp³-hybridized carbons (Fsp3) is 0.429. The second-order valence-electron chi connectivity index (χ2n) is 4.93. The number of aromatic nitrogens is 2. The van der Waals surface area contributed by atoms with Crippen LogP contribution in [0.5, 0.6) is 11.5 Å². The number of hydrogen-bond acceptors (Lipinski definition) is 6. The number of nitrogens with two attached hydrogens (primary N) is 1. The van der Waals surface area contributed by atoms with Crippen molar-refractivity contribution in [3.05, 3.63) is 24.1 Å². The Balaban J connectivity index is 2.33. The van der Waals surface area contributed by atoms with Crippen molar-refractivity contribution in [2.75, 3.05) is 13.7 Å². The van der Waals surface area contributed by atoms with E-state index in [0.717, 1.165) is 0 Å². The Morgan fingerprint density at radius 1 is 1.40 bits per heavy atom. The summed E-state index contributed by atoms with van der Waals surface area (Å²) in [7, 11) is 1.49. The summed E-state index contributed by atoms with van der Waals surface area (Å²) >= 11 is 0. The summed E-state index contributed by atoms with van der Waals surface area (Å²) in [4.78, 5) is 4.38. The van der Waals surface area contributed by atoms with E-state index in [0.29, 0.717) is 35.5 Å². The number of phenolic OH excluding ortho intramolecular Hbond substituents is 1. The minimum atomic E-state index is 0.0373. The molecule has 3 N–H and O–H groups in total. The third-order valence-corrected chi connectivity index (χ3v) is 3.26. The van der Waals surface area contributed by atoms with E-state index in [1.807, 2.05) is 0 Å². The van der Waals surface area contributed by atoms with Gasteiger partial charge in [-0.05, 0) is 24.1 Å². The molecule has 0 aliphatic heterocycles. The Bertz CT molecular complexity index is 581. The molecule has 0 saturated heterocycles. The summed E-state index contributed by atoms with van der Waals surface area (Å²) in [5, 5.41) is 13.5. The Morgan fingerprint density at radius 2 is 2.15 bits per heavy atom. The number of methoxy groups -OCH3 is 1. The highest BCUT2D eigenvalue weighted by Crippen LogP contribution is 2.31. The van der Waals surface area contributed by atoms with Gasteiger partial charge in [0, 0.05) is 12.1 Å². The van der Waals surface area contributed by atoms with Gasteiger partial charge in [-0.3, -0.25) is 0 Å². The van der Waals surface area contributed by atoms with Gasteiger partial charge in [-0.1, -0.05) is 19.0 Å². The number of nitrogens with zero attached hydrogens (tertiary/aromatic N) is 2. The first-order chi connectivity index (χ1) is 9.56. The highest BCUT2D eigenvalue weighted by Gasteiger charge is 2.21. The molecule has 1 aromatic heterocycles. The summed E-state index contributed by atoms with van der Waals surface area (Å²) in [6, 6.07) is 4.91. The summed E-state index contributed by atoms with van der Waals surface area (Å²) < 4.78 is 10.4. The Labute approximate surface area is 117 Å². The molecule has 20 heavy (non-hydrogen) atoms. The van der Waals surface area contributed by atoms with Crippen molar-refractivity contribution in [2.45, 2.75) is 19.8 Å². The zero-order valence-corrected chi connectivity index (χ0v) is 11.8. The fourth-order valence-electron chi connectivity index (χ4n) is 1.98. The Hall–Kier alpha value is -2.08. The number of benzene rings is 1. The van der Waals surface area contributed by atoms with Gasteiger partial charge in [0.25, 0.3) is 0 Å². The van der Waals surface area contributed by atoms with E-state index in [1.54, 1.807) is 12.1 Å². The van der Waals surface area contributed by atoms with Crippen molar-refractivity contribution in [2.24, 2.45) is 11.7 Å². The van der Waals surface area contributed by atoms with Crippen LogP contribution in [0.3, 0.4) is 0 Å². The molecule has 6 nitrogen and oxygen atoms in total. The van der Waals surface area contributed by atoms with E-state index in [1.165, 1.54) is 13.2 Å². The lowest BCUT2D eigenvalue weighted by Crippen LogP contribution is -2.18. The lowest BCUT2D eigenvalue weighted by Gasteiger charge is -2.13. The highest BCUT2D eigenvalue weighted by atomic mass is 16.5. The zero-order valence-electron chi connectivity index (χ0n) is 11.8. The van der Waals surface area contributed by atoms with Crippen molar-refractivity contribution >= 4 is 0 Å². The van der Waals surface area contributed by atoms with Crippen molar-refractivity contribution in [3.8, 4) is 22.9 Å². The number of ether oxygens (including phenoxy) is 1. The molecule has 2 aromatic rings. The fourth-order valence-corrected chi connectivity index (χ4v) is 1.98. The number of aromatic hydroxyl groups is 1. The van der Waals surface area contributed by atoms with Crippen LogP contribution in [0.2, 0.25) is 0 Å². The first kappa shape index (κ1) is 14.3. The first-order valence-corrected chi connectivity index (χ1v) is 6.47. The zero-order chi connectivity index (χ0) is 14.7.